The lowest BCUT2D eigenvalue weighted by atomic mass is 10.1. The first-order chi connectivity index (χ1) is 9.31. The van der Waals surface area contributed by atoms with Gasteiger partial charge in [0.15, 0.2) is 0 Å². The zero-order valence-electron chi connectivity index (χ0n) is 12.5. The van der Waals surface area contributed by atoms with Crippen LogP contribution in [0.3, 0.4) is 0 Å². The molecule has 0 radical (unpaired) electrons. The van der Waals surface area contributed by atoms with Crippen molar-refractivity contribution < 1.29 is 9.53 Å². The second-order valence-corrected chi connectivity index (χ2v) is 4.88. The molecule has 0 N–H and O–H groups in total. The summed E-state index contributed by atoms with van der Waals surface area (Å²) in [5, 5.41) is 0. The van der Waals surface area contributed by atoms with Gasteiger partial charge in [-0.25, -0.2) is 0 Å². The molecule has 0 aromatic carbocycles. The van der Waals surface area contributed by atoms with Gasteiger partial charge >= 0.3 is 5.97 Å². The van der Waals surface area contributed by atoms with E-state index < -0.39 is 0 Å². The molecule has 19 heavy (non-hydrogen) atoms. The summed E-state index contributed by atoms with van der Waals surface area (Å²) in [5.41, 5.74) is 0. The Morgan fingerprint density at radius 3 is 2.37 bits per heavy atom. The molecule has 0 aliphatic rings. The molecule has 0 saturated heterocycles. The fourth-order valence-corrected chi connectivity index (χ4v) is 1.89. The van der Waals surface area contributed by atoms with E-state index in [0.717, 1.165) is 32.1 Å². The third-order valence-electron chi connectivity index (χ3n) is 3.05. The van der Waals surface area contributed by atoms with Crippen LogP contribution in [0, 0.1) is 0 Å². The van der Waals surface area contributed by atoms with Crippen molar-refractivity contribution in [1.82, 2.24) is 0 Å². The molecule has 0 rings (SSSR count). The zero-order valence-corrected chi connectivity index (χ0v) is 12.5. The number of ether oxygens (including phenoxy) is 1. The van der Waals surface area contributed by atoms with Gasteiger partial charge < -0.3 is 4.74 Å². The summed E-state index contributed by atoms with van der Waals surface area (Å²) < 4.78 is 5.16. The third-order valence-corrected chi connectivity index (χ3v) is 3.05. The molecule has 0 aromatic rings. The Kier molecular flexibility index (Phi) is 14.2. The summed E-state index contributed by atoms with van der Waals surface area (Å²) >= 11 is 0. The van der Waals surface area contributed by atoms with Crippen molar-refractivity contribution in [2.24, 2.45) is 0 Å². The van der Waals surface area contributed by atoms with Crippen LogP contribution in [0.15, 0.2) is 24.8 Å². The van der Waals surface area contributed by atoms with Gasteiger partial charge in [-0.3, -0.25) is 4.79 Å². The second-order valence-electron chi connectivity index (χ2n) is 4.88. The first-order valence-electron chi connectivity index (χ1n) is 7.69. The van der Waals surface area contributed by atoms with Crippen LogP contribution in [-0.2, 0) is 9.53 Å². The first-order valence-corrected chi connectivity index (χ1v) is 7.69. The Balaban J connectivity index is 3.18. The summed E-state index contributed by atoms with van der Waals surface area (Å²) in [7, 11) is 0. The zero-order chi connectivity index (χ0) is 14.2. The molecular formula is C17H30O2. The van der Waals surface area contributed by atoms with Crippen LogP contribution < -0.4 is 0 Å². The Morgan fingerprint density at radius 2 is 1.68 bits per heavy atom. The maximum absolute atomic E-state index is 11.4. The molecule has 0 unspecified atom stereocenters. The number of esters is 1. The highest BCUT2D eigenvalue weighted by atomic mass is 16.5. The van der Waals surface area contributed by atoms with E-state index in [2.05, 4.69) is 12.7 Å². The van der Waals surface area contributed by atoms with Gasteiger partial charge in [-0.1, -0.05) is 43.9 Å². The van der Waals surface area contributed by atoms with Gasteiger partial charge in [0.05, 0.1) is 6.61 Å². The van der Waals surface area contributed by atoms with E-state index in [9.17, 15) is 4.79 Å². The van der Waals surface area contributed by atoms with Gasteiger partial charge in [0, 0.05) is 6.42 Å². The molecule has 0 heterocycles. The highest BCUT2D eigenvalue weighted by Gasteiger charge is 2.01. The van der Waals surface area contributed by atoms with Crippen LogP contribution in [0.1, 0.15) is 71.1 Å². The summed E-state index contributed by atoms with van der Waals surface area (Å²) in [4.78, 5) is 11.4. The van der Waals surface area contributed by atoms with Gasteiger partial charge in [0.25, 0.3) is 0 Å². The van der Waals surface area contributed by atoms with Crippen LogP contribution in [-0.4, -0.2) is 12.6 Å². The average molecular weight is 266 g/mol. The van der Waals surface area contributed by atoms with Crippen LogP contribution in [0.25, 0.3) is 0 Å². The summed E-state index contributed by atoms with van der Waals surface area (Å²) in [6.07, 6.45) is 16.9. The van der Waals surface area contributed by atoms with Crippen LogP contribution in [0.5, 0.6) is 0 Å². The highest BCUT2D eigenvalue weighted by Crippen LogP contribution is 2.09. The molecule has 0 saturated carbocycles. The Bertz CT molecular complexity index is 244. The Morgan fingerprint density at radius 1 is 1.00 bits per heavy atom. The van der Waals surface area contributed by atoms with Crippen LogP contribution >= 0.6 is 0 Å². The molecular weight excluding hydrogens is 236 g/mol. The quantitative estimate of drug-likeness (QED) is 0.260. The monoisotopic (exact) mass is 266 g/mol. The standard InChI is InChI=1S/C17H30O2/c1-3-5-7-9-10-11-12-13-15-17(18)19-16-14-8-6-4-2/h3-4,6H,1,5,7-16H2,2H3. The largest absolute Gasteiger partial charge is 0.466 e. The fraction of sp³-hybridized carbons (Fsp3) is 0.706. The second kappa shape index (κ2) is 15.0. The lowest BCUT2D eigenvalue weighted by Gasteiger charge is -2.04. The maximum atomic E-state index is 11.4. The highest BCUT2D eigenvalue weighted by molar-refractivity contribution is 5.69. The fourth-order valence-electron chi connectivity index (χ4n) is 1.89. The Labute approximate surface area is 118 Å². The first kappa shape index (κ1) is 17.9. The lowest BCUT2D eigenvalue weighted by molar-refractivity contribution is -0.143. The van der Waals surface area contributed by atoms with Crippen LogP contribution in [0.2, 0.25) is 0 Å². The molecule has 2 heteroatoms. The molecule has 0 atom stereocenters. The Hall–Kier alpha value is -1.05. The van der Waals surface area contributed by atoms with Crippen molar-refractivity contribution in [1.29, 1.82) is 0 Å². The van der Waals surface area contributed by atoms with Crippen molar-refractivity contribution in [3.8, 4) is 0 Å². The van der Waals surface area contributed by atoms with Crippen LogP contribution in [0.4, 0.5) is 0 Å². The predicted molar refractivity (Wildman–Crippen MR) is 82.1 cm³/mol. The molecule has 0 bridgehead atoms. The normalized spacial score (nSPS) is 10.8. The van der Waals surface area contributed by atoms with E-state index in [1.54, 1.807) is 0 Å². The number of carbonyl (C=O) groups excluding carboxylic acids is 1. The summed E-state index contributed by atoms with van der Waals surface area (Å²) in [6, 6.07) is 0. The van der Waals surface area contributed by atoms with E-state index in [1.165, 1.54) is 25.7 Å². The number of carbonyl (C=O) groups is 1. The lowest BCUT2D eigenvalue weighted by Crippen LogP contribution is -2.05. The topological polar surface area (TPSA) is 26.3 Å². The van der Waals surface area contributed by atoms with Crippen molar-refractivity contribution in [3.05, 3.63) is 24.8 Å². The molecule has 0 spiro atoms. The van der Waals surface area contributed by atoms with E-state index in [4.69, 9.17) is 4.74 Å². The van der Waals surface area contributed by atoms with E-state index in [-0.39, 0.29) is 5.97 Å². The van der Waals surface area contributed by atoms with E-state index >= 15 is 0 Å². The number of hydrogen-bond donors (Lipinski definition) is 0. The third kappa shape index (κ3) is 14.9. The molecule has 2 nitrogen and oxygen atoms in total. The average Bonchev–Trinajstić information content (AvgIpc) is 2.41. The van der Waals surface area contributed by atoms with Gasteiger partial charge in [-0.05, 0) is 39.0 Å². The molecule has 0 fully saturated rings. The maximum Gasteiger partial charge on any atom is 0.305 e. The number of unbranched alkanes of at least 4 members (excludes halogenated alkanes) is 7. The van der Waals surface area contributed by atoms with Crippen molar-refractivity contribution in [2.75, 3.05) is 6.61 Å². The number of hydrogen-bond acceptors (Lipinski definition) is 2. The minimum absolute atomic E-state index is 0.0351. The minimum atomic E-state index is -0.0351. The van der Waals surface area contributed by atoms with Crippen molar-refractivity contribution in [3.63, 3.8) is 0 Å². The van der Waals surface area contributed by atoms with Crippen molar-refractivity contribution >= 4 is 5.97 Å². The predicted octanol–water partition coefficient (Wildman–Crippen LogP) is 5.19. The molecule has 0 aromatic heterocycles. The van der Waals surface area contributed by atoms with Gasteiger partial charge in [-0.15, -0.1) is 6.58 Å². The van der Waals surface area contributed by atoms with Gasteiger partial charge in [0.1, 0.15) is 0 Å². The molecule has 0 aliphatic heterocycles. The van der Waals surface area contributed by atoms with Crippen molar-refractivity contribution in [2.45, 2.75) is 71.1 Å². The molecule has 110 valence electrons. The van der Waals surface area contributed by atoms with E-state index in [1.807, 2.05) is 19.1 Å². The number of allylic oxidation sites excluding steroid dienone is 3. The summed E-state index contributed by atoms with van der Waals surface area (Å²) in [5.74, 6) is -0.0351. The van der Waals surface area contributed by atoms with Gasteiger partial charge in [0.2, 0.25) is 0 Å². The minimum Gasteiger partial charge on any atom is -0.466 e. The van der Waals surface area contributed by atoms with E-state index in [0.29, 0.717) is 13.0 Å². The molecule has 0 aliphatic carbocycles. The number of rotatable bonds is 13. The summed E-state index contributed by atoms with van der Waals surface area (Å²) in [6.45, 7) is 6.28. The molecule has 0 amide bonds. The smallest absolute Gasteiger partial charge is 0.305 e. The SMILES string of the molecule is C=CCCCCCCCCC(=O)OCCCC=CC. The van der Waals surface area contributed by atoms with Gasteiger partial charge in [-0.2, -0.15) is 0 Å².